The summed E-state index contributed by atoms with van der Waals surface area (Å²) in [5.41, 5.74) is 0. The van der Waals surface area contributed by atoms with Gasteiger partial charge in [-0.25, -0.2) is 0 Å². The number of nitrogens with zero attached hydrogens (tertiary/aromatic N) is 4. The molecule has 0 saturated carbocycles. The first-order valence-corrected chi connectivity index (χ1v) is 8.50. The molecule has 0 radical (unpaired) electrons. The van der Waals surface area contributed by atoms with Crippen LogP contribution in [-0.2, 0) is 0 Å². The fourth-order valence-electron chi connectivity index (χ4n) is 2.63. The largest absolute Gasteiger partial charge is 0.352 e. The SMILES string of the molecule is CCCCCC(C)Nc1nc(Cl)nc(N2CCCCC2)n1. The molecule has 1 aliphatic heterocycles. The standard InChI is InChI=1S/C15H26ClN5/c1-3-4-6-9-12(2)17-14-18-13(16)19-15(20-14)21-10-7-5-8-11-21/h12H,3-11H2,1-2H3,(H,17,18,19,20). The zero-order chi connectivity index (χ0) is 15.1. The van der Waals surface area contributed by atoms with E-state index < -0.39 is 0 Å². The molecule has 5 nitrogen and oxygen atoms in total. The van der Waals surface area contributed by atoms with Crippen molar-refractivity contribution in [1.29, 1.82) is 0 Å². The van der Waals surface area contributed by atoms with Gasteiger partial charge in [0.1, 0.15) is 0 Å². The summed E-state index contributed by atoms with van der Waals surface area (Å²) >= 11 is 6.05. The zero-order valence-electron chi connectivity index (χ0n) is 13.1. The number of nitrogens with one attached hydrogen (secondary N) is 1. The van der Waals surface area contributed by atoms with Crippen LogP contribution in [0.3, 0.4) is 0 Å². The van der Waals surface area contributed by atoms with Gasteiger partial charge >= 0.3 is 0 Å². The fourth-order valence-corrected chi connectivity index (χ4v) is 2.79. The van der Waals surface area contributed by atoms with Crippen LogP contribution in [0.5, 0.6) is 0 Å². The number of piperidine rings is 1. The number of anilines is 2. The van der Waals surface area contributed by atoms with Gasteiger partial charge in [-0.15, -0.1) is 0 Å². The van der Waals surface area contributed by atoms with E-state index in [-0.39, 0.29) is 5.28 Å². The van der Waals surface area contributed by atoms with Gasteiger partial charge in [-0.2, -0.15) is 15.0 Å². The summed E-state index contributed by atoms with van der Waals surface area (Å²) in [6.07, 6.45) is 8.53. The van der Waals surface area contributed by atoms with Crippen LogP contribution in [0.2, 0.25) is 5.28 Å². The molecule has 0 aliphatic carbocycles. The summed E-state index contributed by atoms with van der Waals surface area (Å²) in [5, 5.41) is 3.62. The van der Waals surface area contributed by atoms with E-state index in [1.54, 1.807) is 0 Å². The molecule has 2 rings (SSSR count). The van der Waals surface area contributed by atoms with Crippen molar-refractivity contribution in [2.24, 2.45) is 0 Å². The summed E-state index contributed by atoms with van der Waals surface area (Å²) in [4.78, 5) is 15.2. The molecule has 2 heterocycles. The molecule has 1 fully saturated rings. The molecule has 1 unspecified atom stereocenters. The van der Waals surface area contributed by atoms with Crippen LogP contribution < -0.4 is 10.2 Å². The molecule has 1 atom stereocenters. The van der Waals surface area contributed by atoms with Gasteiger partial charge in [0.05, 0.1) is 0 Å². The van der Waals surface area contributed by atoms with E-state index in [9.17, 15) is 0 Å². The van der Waals surface area contributed by atoms with Crippen LogP contribution >= 0.6 is 11.6 Å². The second kappa shape index (κ2) is 8.37. The smallest absolute Gasteiger partial charge is 0.231 e. The molecule has 1 N–H and O–H groups in total. The van der Waals surface area contributed by atoms with E-state index in [1.165, 1.54) is 38.5 Å². The van der Waals surface area contributed by atoms with Crippen LogP contribution in [0, 0.1) is 0 Å². The molecule has 0 aromatic carbocycles. The van der Waals surface area contributed by atoms with E-state index in [4.69, 9.17) is 11.6 Å². The predicted molar refractivity (Wildman–Crippen MR) is 88.1 cm³/mol. The van der Waals surface area contributed by atoms with Crippen molar-refractivity contribution in [3.05, 3.63) is 5.28 Å². The molecule has 118 valence electrons. The van der Waals surface area contributed by atoms with Gasteiger partial charge in [-0.3, -0.25) is 0 Å². The normalized spacial score (nSPS) is 16.8. The third-order valence-electron chi connectivity index (χ3n) is 3.85. The Bertz CT molecular complexity index is 434. The summed E-state index contributed by atoms with van der Waals surface area (Å²) < 4.78 is 0. The van der Waals surface area contributed by atoms with E-state index in [0.717, 1.165) is 19.5 Å². The van der Waals surface area contributed by atoms with Gasteiger partial charge in [0.15, 0.2) is 0 Å². The first kappa shape index (κ1) is 16.3. The summed E-state index contributed by atoms with van der Waals surface area (Å²) in [6, 6.07) is 0.351. The van der Waals surface area contributed by atoms with Crippen LogP contribution in [0.1, 0.15) is 58.8 Å². The molecule has 6 heteroatoms. The van der Waals surface area contributed by atoms with Crippen molar-refractivity contribution in [1.82, 2.24) is 15.0 Å². The van der Waals surface area contributed by atoms with E-state index >= 15 is 0 Å². The zero-order valence-corrected chi connectivity index (χ0v) is 13.9. The minimum Gasteiger partial charge on any atom is -0.352 e. The van der Waals surface area contributed by atoms with E-state index in [0.29, 0.717) is 17.9 Å². The third-order valence-corrected chi connectivity index (χ3v) is 4.02. The maximum atomic E-state index is 6.05. The van der Waals surface area contributed by atoms with Gasteiger partial charge in [0.25, 0.3) is 0 Å². The second-order valence-electron chi connectivity index (χ2n) is 5.82. The molecule has 21 heavy (non-hydrogen) atoms. The number of unbranched alkanes of at least 4 members (excludes halogenated alkanes) is 2. The van der Waals surface area contributed by atoms with Crippen LogP contribution in [0.25, 0.3) is 0 Å². The monoisotopic (exact) mass is 311 g/mol. The molecule has 0 amide bonds. The molecule has 1 aliphatic rings. The van der Waals surface area contributed by atoms with Crippen molar-refractivity contribution in [3.8, 4) is 0 Å². The lowest BCUT2D eigenvalue weighted by Gasteiger charge is -2.26. The van der Waals surface area contributed by atoms with Crippen LogP contribution in [0.15, 0.2) is 0 Å². The molecule has 1 aromatic heterocycles. The number of aromatic nitrogens is 3. The molecule has 1 saturated heterocycles. The van der Waals surface area contributed by atoms with Crippen molar-refractivity contribution in [3.63, 3.8) is 0 Å². The Morgan fingerprint density at radius 3 is 2.62 bits per heavy atom. The quantitative estimate of drug-likeness (QED) is 0.774. The highest BCUT2D eigenvalue weighted by Crippen LogP contribution is 2.19. The highest BCUT2D eigenvalue weighted by atomic mass is 35.5. The number of halogens is 1. The van der Waals surface area contributed by atoms with Crippen molar-refractivity contribution >= 4 is 23.5 Å². The minimum absolute atomic E-state index is 0.272. The van der Waals surface area contributed by atoms with E-state index in [1.807, 2.05) is 0 Å². The van der Waals surface area contributed by atoms with Gasteiger partial charge in [-0.05, 0) is 44.2 Å². The fraction of sp³-hybridized carbons (Fsp3) is 0.800. The lowest BCUT2D eigenvalue weighted by atomic mass is 10.1. The number of hydrogen-bond acceptors (Lipinski definition) is 5. The molecular weight excluding hydrogens is 286 g/mol. The maximum Gasteiger partial charge on any atom is 0.231 e. The van der Waals surface area contributed by atoms with Crippen molar-refractivity contribution in [2.75, 3.05) is 23.3 Å². The Hall–Kier alpha value is -1.10. The van der Waals surface area contributed by atoms with Gasteiger partial charge in [0, 0.05) is 19.1 Å². The Morgan fingerprint density at radius 2 is 1.90 bits per heavy atom. The number of rotatable bonds is 7. The lowest BCUT2D eigenvalue weighted by Crippen LogP contribution is -2.31. The summed E-state index contributed by atoms with van der Waals surface area (Å²) in [7, 11) is 0. The molecule has 1 aromatic rings. The van der Waals surface area contributed by atoms with Gasteiger partial charge in [-0.1, -0.05) is 26.2 Å². The Labute approximate surface area is 132 Å². The van der Waals surface area contributed by atoms with Gasteiger partial charge in [0.2, 0.25) is 17.2 Å². The predicted octanol–water partition coefficient (Wildman–Crippen LogP) is 3.90. The average molecular weight is 312 g/mol. The average Bonchev–Trinajstić information content (AvgIpc) is 2.48. The van der Waals surface area contributed by atoms with Crippen molar-refractivity contribution < 1.29 is 0 Å². The second-order valence-corrected chi connectivity index (χ2v) is 6.15. The third kappa shape index (κ3) is 5.30. The molecule has 0 spiro atoms. The minimum atomic E-state index is 0.272. The highest BCUT2D eigenvalue weighted by molar-refractivity contribution is 6.28. The summed E-state index contributed by atoms with van der Waals surface area (Å²) in [6.45, 7) is 6.39. The highest BCUT2D eigenvalue weighted by Gasteiger charge is 2.16. The topological polar surface area (TPSA) is 53.9 Å². The first-order valence-electron chi connectivity index (χ1n) is 8.12. The Kier molecular flexibility index (Phi) is 6.49. The lowest BCUT2D eigenvalue weighted by molar-refractivity contribution is 0.566. The number of hydrogen-bond donors (Lipinski definition) is 1. The van der Waals surface area contributed by atoms with Gasteiger partial charge < -0.3 is 10.2 Å². The first-order chi connectivity index (χ1) is 10.2. The van der Waals surface area contributed by atoms with Crippen LogP contribution in [0.4, 0.5) is 11.9 Å². The Morgan fingerprint density at radius 1 is 1.14 bits per heavy atom. The van der Waals surface area contributed by atoms with Crippen LogP contribution in [-0.4, -0.2) is 34.1 Å². The Balaban J connectivity index is 1.97. The van der Waals surface area contributed by atoms with Crippen molar-refractivity contribution in [2.45, 2.75) is 64.8 Å². The maximum absolute atomic E-state index is 6.05. The summed E-state index contributed by atoms with van der Waals surface area (Å²) in [5.74, 6) is 1.30. The molecular formula is C15H26ClN5. The molecule has 0 bridgehead atoms. The van der Waals surface area contributed by atoms with E-state index in [2.05, 4.69) is 39.0 Å².